The monoisotopic (exact) mass is 282 g/mol. The molecule has 2 heteroatoms. The van der Waals surface area contributed by atoms with Crippen molar-refractivity contribution in [1.82, 2.24) is 0 Å². The Labute approximate surface area is 127 Å². The Bertz CT molecular complexity index is 585. The normalized spacial score (nSPS) is 10.2. The lowest BCUT2D eigenvalue weighted by atomic mass is 10.1. The van der Waals surface area contributed by atoms with Crippen LogP contribution in [0, 0.1) is 0 Å². The molecule has 2 nitrogen and oxygen atoms in total. The number of methoxy groups -OCH3 is 1. The van der Waals surface area contributed by atoms with Crippen molar-refractivity contribution in [1.29, 1.82) is 0 Å². The number of benzene rings is 2. The summed E-state index contributed by atoms with van der Waals surface area (Å²) in [7, 11) is 1.64. The molecule has 0 N–H and O–H groups in total. The lowest BCUT2D eigenvalue weighted by Gasteiger charge is -2.09. The minimum atomic E-state index is 0.582. The van der Waals surface area contributed by atoms with Crippen molar-refractivity contribution in [3.05, 3.63) is 77.6 Å². The molecule has 0 spiro atoms. The van der Waals surface area contributed by atoms with Crippen LogP contribution in [0.3, 0.4) is 0 Å². The third-order valence-corrected chi connectivity index (χ3v) is 3.43. The maximum Gasteiger partial charge on any atom is 0.120 e. The Hall–Kier alpha value is -2.22. The van der Waals surface area contributed by atoms with Crippen LogP contribution < -0.4 is 4.74 Å². The molecule has 0 atom stereocenters. The smallest absolute Gasteiger partial charge is 0.120 e. The summed E-state index contributed by atoms with van der Waals surface area (Å²) < 4.78 is 11.0. The van der Waals surface area contributed by atoms with Crippen LogP contribution in [0.25, 0.3) is 0 Å². The van der Waals surface area contributed by atoms with Gasteiger partial charge in [0.25, 0.3) is 0 Å². The van der Waals surface area contributed by atoms with Crippen LogP contribution in [-0.2, 0) is 24.2 Å². The summed E-state index contributed by atoms with van der Waals surface area (Å²) in [5.41, 5.74) is 3.67. The van der Waals surface area contributed by atoms with Gasteiger partial charge in [0, 0.05) is 6.42 Å². The Kier molecular flexibility index (Phi) is 5.44. The van der Waals surface area contributed by atoms with Gasteiger partial charge in [-0.05, 0) is 35.2 Å². The number of allylic oxidation sites excluding steroid dienone is 1. The average Bonchev–Trinajstić information content (AvgIpc) is 2.53. The predicted octanol–water partition coefficient (Wildman–Crippen LogP) is 4.53. The van der Waals surface area contributed by atoms with Gasteiger partial charge in [0.15, 0.2) is 0 Å². The first-order valence-electron chi connectivity index (χ1n) is 7.22. The molecule has 2 aromatic carbocycles. The fraction of sp³-hybridized carbons (Fsp3) is 0.263. The topological polar surface area (TPSA) is 18.5 Å². The van der Waals surface area contributed by atoms with Crippen molar-refractivity contribution in [2.24, 2.45) is 0 Å². The van der Waals surface area contributed by atoms with Crippen LogP contribution in [0.2, 0.25) is 0 Å². The molecular weight excluding hydrogens is 260 g/mol. The molecule has 2 aromatic rings. The molecule has 0 unspecified atom stereocenters. The molecule has 0 radical (unpaired) electrons. The largest absolute Gasteiger partial charge is 0.501 e. The maximum absolute atomic E-state index is 5.85. The van der Waals surface area contributed by atoms with E-state index in [4.69, 9.17) is 9.47 Å². The molecule has 0 fully saturated rings. The van der Waals surface area contributed by atoms with Gasteiger partial charge < -0.3 is 9.47 Å². The van der Waals surface area contributed by atoms with Gasteiger partial charge in [-0.25, -0.2) is 0 Å². The van der Waals surface area contributed by atoms with E-state index in [1.807, 2.05) is 24.3 Å². The number of hydrogen-bond acceptors (Lipinski definition) is 2. The summed E-state index contributed by atoms with van der Waals surface area (Å²) in [6.45, 7) is 6.58. The zero-order valence-electron chi connectivity index (χ0n) is 12.8. The highest BCUT2D eigenvalue weighted by molar-refractivity contribution is 5.31. The second-order valence-corrected chi connectivity index (χ2v) is 5.03. The van der Waals surface area contributed by atoms with Crippen LogP contribution in [0.15, 0.2) is 60.9 Å². The molecule has 0 saturated heterocycles. The van der Waals surface area contributed by atoms with E-state index in [1.54, 1.807) is 7.11 Å². The predicted molar refractivity (Wildman–Crippen MR) is 86.4 cm³/mol. The minimum Gasteiger partial charge on any atom is -0.501 e. The number of hydrogen-bond donors (Lipinski definition) is 0. The Balaban J connectivity index is 1.96. The Morgan fingerprint density at radius 1 is 1.00 bits per heavy atom. The van der Waals surface area contributed by atoms with E-state index in [1.165, 1.54) is 11.1 Å². The minimum absolute atomic E-state index is 0.582. The van der Waals surface area contributed by atoms with Crippen LogP contribution in [0.4, 0.5) is 0 Å². The summed E-state index contributed by atoms with van der Waals surface area (Å²) in [6, 6.07) is 16.6. The van der Waals surface area contributed by atoms with Crippen LogP contribution in [0.5, 0.6) is 5.75 Å². The zero-order chi connectivity index (χ0) is 15.1. The Morgan fingerprint density at radius 2 is 1.71 bits per heavy atom. The standard InChI is InChI=1S/C19H22O2/c1-4-16-8-10-17(11-9-16)14-21-19-7-5-6-18(13-19)12-15(2)20-3/h5-11,13H,2,4,12,14H2,1,3H3. The molecule has 0 aliphatic rings. The number of ether oxygens (including phenoxy) is 2. The maximum atomic E-state index is 5.85. The van der Waals surface area contributed by atoms with Gasteiger partial charge in [-0.15, -0.1) is 0 Å². The zero-order valence-corrected chi connectivity index (χ0v) is 12.8. The van der Waals surface area contributed by atoms with Gasteiger partial charge in [-0.1, -0.05) is 49.9 Å². The number of aryl methyl sites for hydroxylation is 1. The highest BCUT2D eigenvalue weighted by atomic mass is 16.5. The van der Waals surface area contributed by atoms with Crippen LogP contribution >= 0.6 is 0 Å². The average molecular weight is 282 g/mol. The highest BCUT2D eigenvalue weighted by Gasteiger charge is 2.01. The number of rotatable bonds is 7. The van der Waals surface area contributed by atoms with E-state index in [2.05, 4.69) is 37.8 Å². The molecular formula is C19H22O2. The molecule has 0 aromatic heterocycles. The van der Waals surface area contributed by atoms with Crippen molar-refractivity contribution >= 4 is 0 Å². The molecule has 0 heterocycles. The van der Waals surface area contributed by atoms with E-state index in [9.17, 15) is 0 Å². The molecule has 0 amide bonds. The van der Waals surface area contributed by atoms with Gasteiger partial charge in [-0.2, -0.15) is 0 Å². The van der Waals surface area contributed by atoms with Crippen molar-refractivity contribution in [3.8, 4) is 5.75 Å². The second kappa shape index (κ2) is 7.53. The van der Waals surface area contributed by atoms with Crippen molar-refractivity contribution in [2.45, 2.75) is 26.4 Å². The quantitative estimate of drug-likeness (QED) is 0.695. The van der Waals surface area contributed by atoms with Crippen LogP contribution in [0.1, 0.15) is 23.6 Å². The summed E-state index contributed by atoms with van der Waals surface area (Å²) >= 11 is 0. The molecule has 110 valence electrons. The Morgan fingerprint density at radius 3 is 2.38 bits per heavy atom. The molecule has 0 bridgehead atoms. The first-order chi connectivity index (χ1) is 10.2. The molecule has 21 heavy (non-hydrogen) atoms. The summed E-state index contributed by atoms with van der Waals surface area (Å²) in [6.07, 6.45) is 1.77. The lowest BCUT2D eigenvalue weighted by molar-refractivity contribution is 0.284. The van der Waals surface area contributed by atoms with Crippen molar-refractivity contribution in [3.63, 3.8) is 0 Å². The fourth-order valence-corrected chi connectivity index (χ4v) is 2.08. The van der Waals surface area contributed by atoms with Gasteiger partial charge in [0.1, 0.15) is 12.4 Å². The third kappa shape index (κ3) is 4.67. The molecule has 0 saturated carbocycles. The fourth-order valence-electron chi connectivity index (χ4n) is 2.08. The van der Waals surface area contributed by atoms with Crippen molar-refractivity contribution < 1.29 is 9.47 Å². The summed E-state index contributed by atoms with van der Waals surface area (Å²) in [5.74, 6) is 1.62. The van der Waals surface area contributed by atoms with E-state index < -0.39 is 0 Å². The van der Waals surface area contributed by atoms with Gasteiger partial charge in [-0.3, -0.25) is 0 Å². The van der Waals surface area contributed by atoms with E-state index >= 15 is 0 Å². The highest BCUT2D eigenvalue weighted by Crippen LogP contribution is 2.17. The first-order valence-corrected chi connectivity index (χ1v) is 7.22. The second-order valence-electron chi connectivity index (χ2n) is 5.03. The summed E-state index contributed by atoms with van der Waals surface area (Å²) in [4.78, 5) is 0. The molecule has 0 aliphatic heterocycles. The van der Waals surface area contributed by atoms with Gasteiger partial charge >= 0.3 is 0 Å². The van der Waals surface area contributed by atoms with E-state index in [-0.39, 0.29) is 0 Å². The molecule has 0 aliphatic carbocycles. The van der Waals surface area contributed by atoms with E-state index in [0.717, 1.165) is 23.5 Å². The van der Waals surface area contributed by atoms with Gasteiger partial charge in [0.05, 0.1) is 12.9 Å². The molecule has 2 rings (SSSR count). The van der Waals surface area contributed by atoms with Crippen molar-refractivity contribution in [2.75, 3.05) is 7.11 Å². The first kappa shape index (κ1) is 15.2. The third-order valence-electron chi connectivity index (χ3n) is 3.43. The summed E-state index contributed by atoms with van der Waals surface area (Å²) in [5, 5.41) is 0. The SMILES string of the molecule is C=C(Cc1cccc(OCc2ccc(CC)cc2)c1)OC. The van der Waals surface area contributed by atoms with Crippen LogP contribution in [-0.4, -0.2) is 7.11 Å². The van der Waals surface area contributed by atoms with Gasteiger partial charge in [0.2, 0.25) is 0 Å². The lowest BCUT2D eigenvalue weighted by Crippen LogP contribution is -1.97. The van der Waals surface area contributed by atoms with E-state index in [0.29, 0.717) is 13.0 Å².